The molecule has 0 spiro atoms. The zero-order chi connectivity index (χ0) is 16.5. The SMILES string of the molecule is O=C(NCCc1csc2ncnn12)C(c1ccc(Cl)cc1)C1CC1. The fraction of sp³-hybridized carbons (Fsp3) is 0.353. The van der Waals surface area contributed by atoms with Gasteiger partial charge in [0.05, 0.1) is 11.6 Å². The molecule has 1 aromatic carbocycles. The summed E-state index contributed by atoms with van der Waals surface area (Å²) in [7, 11) is 0. The van der Waals surface area contributed by atoms with E-state index in [0.29, 0.717) is 17.5 Å². The maximum atomic E-state index is 12.7. The summed E-state index contributed by atoms with van der Waals surface area (Å²) in [5.41, 5.74) is 2.12. The molecule has 0 saturated heterocycles. The zero-order valence-corrected chi connectivity index (χ0v) is 14.6. The summed E-state index contributed by atoms with van der Waals surface area (Å²) < 4.78 is 1.83. The van der Waals surface area contributed by atoms with Gasteiger partial charge in [0.25, 0.3) is 0 Å². The summed E-state index contributed by atoms with van der Waals surface area (Å²) in [6.07, 6.45) is 4.53. The third-order valence-electron chi connectivity index (χ3n) is 4.37. The molecule has 0 bridgehead atoms. The Hall–Kier alpha value is -1.92. The molecule has 1 unspecified atom stereocenters. The van der Waals surface area contributed by atoms with E-state index in [4.69, 9.17) is 11.6 Å². The summed E-state index contributed by atoms with van der Waals surface area (Å²) in [5, 5.41) is 10.0. The molecule has 24 heavy (non-hydrogen) atoms. The average Bonchev–Trinajstić information content (AvgIpc) is 3.16. The quantitative estimate of drug-likeness (QED) is 0.733. The number of thiazole rings is 1. The number of hydrogen-bond donors (Lipinski definition) is 1. The van der Waals surface area contributed by atoms with E-state index >= 15 is 0 Å². The van der Waals surface area contributed by atoms with Gasteiger partial charge in [0.15, 0.2) is 0 Å². The van der Waals surface area contributed by atoms with Gasteiger partial charge in [-0.2, -0.15) is 5.10 Å². The number of nitrogens with zero attached hydrogens (tertiary/aromatic N) is 3. The number of rotatable bonds is 6. The van der Waals surface area contributed by atoms with E-state index in [1.165, 1.54) is 0 Å². The van der Waals surface area contributed by atoms with Crippen LogP contribution in [0.3, 0.4) is 0 Å². The molecular weight excluding hydrogens is 344 g/mol. The summed E-state index contributed by atoms with van der Waals surface area (Å²) in [6.45, 7) is 0.599. The van der Waals surface area contributed by atoms with E-state index in [-0.39, 0.29) is 11.8 Å². The number of carbonyl (C=O) groups is 1. The summed E-state index contributed by atoms with van der Waals surface area (Å²) in [5.74, 6) is 0.482. The number of aromatic nitrogens is 3. The fourth-order valence-corrected chi connectivity index (χ4v) is 3.96. The van der Waals surface area contributed by atoms with Gasteiger partial charge in [-0.05, 0) is 36.5 Å². The van der Waals surface area contributed by atoms with Crippen molar-refractivity contribution < 1.29 is 4.79 Å². The second-order valence-electron chi connectivity index (χ2n) is 6.09. The van der Waals surface area contributed by atoms with E-state index in [1.807, 2.05) is 34.2 Å². The lowest BCUT2D eigenvalue weighted by atomic mass is 9.93. The molecular formula is C17H17ClN4OS. The molecule has 1 aliphatic rings. The highest BCUT2D eigenvalue weighted by atomic mass is 35.5. The van der Waals surface area contributed by atoms with Crippen molar-refractivity contribution in [3.63, 3.8) is 0 Å². The topological polar surface area (TPSA) is 59.3 Å². The Kier molecular flexibility index (Phi) is 4.24. The van der Waals surface area contributed by atoms with Crippen LogP contribution in [0.2, 0.25) is 5.02 Å². The highest BCUT2D eigenvalue weighted by Gasteiger charge is 2.37. The third kappa shape index (κ3) is 3.16. The fourth-order valence-electron chi connectivity index (χ4n) is 3.00. The molecule has 1 saturated carbocycles. The maximum absolute atomic E-state index is 12.7. The lowest BCUT2D eigenvalue weighted by Crippen LogP contribution is -2.32. The number of fused-ring (bicyclic) bond motifs is 1. The minimum atomic E-state index is -0.0730. The molecule has 1 aliphatic carbocycles. The van der Waals surface area contributed by atoms with Crippen molar-refractivity contribution in [2.45, 2.75) is 25.2 Å². The van der Waals surface area contributed by atoms with Gasteiger partial charge in [-0.3, -0.25) is 4.79 Å². The van der Waals surface area contributed by atoms with Crippen molar-refractivity contribution in [1.29, 1.82) is 0 Å². The van der Waals surface area contributed by atoms with Crippen LogP contribution < -0.4 is 5.32 Å². The number of nitrogens with one attached hydrogen (secondary N) is 1. The van der Waals surface area contributed by atoms with Gasteiger partial charge in [0.2, 0.25) is 10.9 Å². The van der Waals surface area contributed by atoms with Gasteiger partial charge in [0, 0.05) is 23.4 Å². The molecule has 5 nitrogen and oxygen atoms in total. The Morgan fingerprint density at radius 3 is 2.92 bits per heavy atom. The Balaban J connectivity index is 1.40. The molecule has 1 fully saturated rings. The molecule has 0 radical (unpaired) electrons. The van der Waals surface area contributed by atoms with Gasteiger partial charge in [-0.15, -0.1) is 11.3 Å². The van der Waals surface area contributed by atoms with Crippen LogP contribution in [-0.2, 0) is 11.2 Å². The average molecular weight is 361 g/mol. The van der Waals surface area contributed by atoms with E-state index < -0.39 is 0 Å². The number of halogens is 1. The Labute approximate surface area is 148 Å². The minimum Gasteiger partial charge on any atom is -0.355 e. The van der Waals surface area contributed by atoms with Crippen molar-refractivity contribution in [3.8, 4) is 0 Å². The van der Waals surface area contributed by atoms with Crippen LogP contribution in [0.4, 0.5) is 0 Å². The summed E-state index contributed by atoms with van der Waals surface area (Å²) in [4.78, 5) is 17.7. The molecule has 3 aromatic rings. The number of hydrogen-bond acceptors (Lipinski definition) is 4. The second-order valence-corrected chi connectivity index (χ2v) is 7.36. The van der Waals surface area contributed by atoms with Crippen molar-refractivity contribution in [1.82, 2.24) is 19.9 Å². The molecule has 1 N–H and O–H groups in total. The normalized spacial score (nSPS) is 15.5. The maximum Gasteiger partial charge on any atom is 0.227 e. The van der Waals surface area contributed by atoms with Crippen molar-refractivity contribution in [3.05, 3.63) is 52.3 Å². The number of carbonyl (C=O) groups excluding carboxylic acids is 1. The van der Waals surface area contributed by atoms with Crippen LogP contribution in [0.25, 0.3) is 4.96 Å². The second kappa shape index (κ2) is 6.53. The zero-order valence-electron chi connectivity index (χ0n) is 13.0. The first-order valence-electron chi connectivity index (χ1n) is 8.01. The standard InChI is InChI=1S/C17H17ClN4OS/c18-13-5-3-12(4-6-13)15(11-1-2-11)16(23)19-8-7-14-9-24-17-20-10-21-22(14)17/h3-6,9-11,15H,1-2,7-8H2,(H,19,23). The molecule has 1 amide bonds. The van der Waals surface area contributed by atoms with Crippen molar-refractivity contribution in [2.24, 2.45) is 5.92 Å². The number of benzene rings is 1. The van der Waals surface area contributed by atoms with Gasteiger partial charge in [-0.1, -0.05) is 23.7 Å². The van der Waals surface area contributed by atoms with Crippen molar-refractivity contribution >= 4 is 33.8 Å². The van der Waals surface area contributed by atoms with Crippen LogP contribution in [0.5, 0.6) is 0 Å². The third-order valence-corrected chi connectivity index (χ3v) is 5.51. The van der Waals surface area contributed by atoms with Crippen LogP contribution >= 0.6 is 22.9 Å². The van der Waals surface area contributed by atoms with E-state index in [9.17, 15) is 4.79 Å². The van der Waals surface area contributed by atoms with Gasteiger partial charge in [-0.25, -0.2) is 9.50 Å². The van der Waals surface area contributed by atoms with Crippen LogP contribution in [-0.4, -0.2) is 27.0 Å². The highest BCUT2D eigenvalue weighted by molar-refractivity contribution is 7.15. The monoisotopic (exact) mass is 360 g/mol. The summed E-state index contributed by atoms with van der Waals surface area (Å²) >= 11 is 7.52. The van der Waals surface area contributed by atoms with Crippen LogP contribution in [0, 0.1) is 5.92 Å². The van der Waals surface area contributed by atoms with Gasteiger partial charge < -0.3 is 5.32 Å². The molecule has 2 aromatic heterocycles. The smallest absolute Gasteiger partial charge is 0.227 e. The molecule has 2 heterocycles. The predicted octanol–water partition coefficient (Wildman–Crippen LogP) is 3.30. The predicted molar refractivity (Wildman–Crippen MR) is 94.5 cm³/mol. The molecule has 1 atom stereocenters. The van der Waals surface area contributed by atoms with Gasteiger partial charge in [0.1, 0.15) is 6.33 Å². The van der Waals surface area contributed by atoms with Crippen LogP contribution in [0.1, 0.15) is 30.0 Å². The Morgan fingerprint density at radius 1 is 1.38 bits per heavy atom. The highest BCUT2D eigenvalue weighted by Crippen LogP contribution is 2.42. The Bertz CT molecular complexity index is 853. The Morgan fingerprint density at radius 2 is 2.17 bits per heavy atom. The van der Waals surface area contributed by atoms with E-state index in [0.717, 1.165) is 35.5 Å². The lowest BCUT2D eigenvalue weighted by molar-refractivity contribution is -0.123. The van der Waals surface area contributed by atoms with E-state index in [2.05, 4.69) is 15.4 Å². The molecule has 7 heteroatoms. The number of amides is 1. The lowest BCUT2D eigenvalue weighted by Gasteiger charge is -2.16. The van der Waals surface area contributed by atoms with E-state index in [1.54, 1.807) is 17.7 Å². The molecule has 4 rings (SSSR count). The van der Waals surface area contributed by atoms with Gasteiger partial charge >= 0.3 is 0 Å². The van der Waals surface area contributed by atoms with Crippen LogP contribution in [0.15, 0.2) is 36.0 Å². The largest absolute Gasteiger partial charge is 0.355 e. The molecule has 0 aliphatic heterocycles. The first-order chi connectivity index (χ1) is 11.7. The van der Waals surface area contributed by atoms with Crippen molar-refractivity contribution in [2.75, 3.05) is 6.54 Å². The summed E-state index contributed by atoms with van der Waals surface area (Å²) in [6, 6.07) is 7.63. The first kappa shape index (κ1) is 15.6. The molecule has 124 valence electrons. The first-order valence-corrected chi connectivity index (χ1v) is 9.27. The minimum absolute atomic E-state index is 0.0730.